The van der Waals surface area contributed by atoms with E-state index in [0.717, 1.165) is 6.08 Å². The maximum atomic E-state index is 11.5. The molecule has 1 aromatic heterocycles. The van der Waals surface area contributed by atoms with Crippen molar-refractivity contribution in [3.63, 3.8) is 0 Å². The molecule has 0 bridgehead atoms. The van der Waals surface area contributed by atoms with E-state index in [2.05, 4.69) is 0 Å². The lowest BCUT2D eigenvalue weighted by atomic mass is 10.0. The molecule has 1 heterocycles. The first-order valence-electron chi connectivity index (χ1n) is 5.28. The lowest BCUT2D eigenvalue weighted by molar-refractivity contribution is -0.138. The first-order chi connectivity index (χ1) is 8.50. The van der Waals surface area contributed by atoms with E-state index in [4.69, 9.17) is 15.3 Å². The van der Waals surface area contributed by atoms with Gasteiger partial charge in [0.05, 0.1) is 12.3 Å². The quantitative estimate of drug-likeness (QED) is 0.543. The van der Waals surface area contributed by atoms with Gasteiger partial charge in [-0.1, -0.05) is 0 Å². The van der Waals surface area contributed by atoms with Crippen molar-refractivity contribution in [2.45, 2.75) is 18.9 Å². The molecule has 1 atom stereocenters. The van der Waals surface area contributed by atoms with E-state index < -0.39 is 23.6 Å². The Balaban J connectivity index is 2.50. The van der Waals surface area contributed by atoms with Gasteiger partial charge in [0, 0.05) is 6.42 Å². The zero-order chi connectivity index (χ0) is 13.5. The summed E-state index contributed by atoms with van der Waals surface area (Å²) in [5.41, 5.74) is 5.42. The summed E-state index contributed by atoms with van der Waals surface area (Å²) in [6, 6.07) is 2.18. The van der Waals surface area contributed by atoms with Crippen molar-refractivity contribution >= 4 is 23.6 Å². The molecule has 0 aliphatic heterocycles. The van der Waals surface area contributed by atoms with E-state index in [-0.39, 0.29) is 12.8 Å². The third kappa shape index (κ3) is 4.34. The molecule has 0 saturated heterocycles. The fourth-order valence-electron chi connectivity index (χ4n) is 1.22. The van der Waals surface area contributed by atoms with E-state index in [9.17, 15) is 14.4 Å². The summed E-state index contributed by atoms with van der Waals surface area (Å²) in [6.45, 7) is 0. The van der Waals surface area contributed by atoms with Gasteiger partial charge in [-0.3, -0.25) is 14.4 Å². The fraction of sp³-hybridized carbons (Fsp3) is 0.250. The number of hydrogen-bond donors (Lipinski definition) is 2. The maximum Gasteiger partial charge on any atom is 0.303 e. The van der Waals surface area contributed by atoms with Crippen LogP contribution in [0, 0.1) is 0 Å². The van der Waals surface area contributed by atoms with Gasteiger partial charge in [0.25, 0.3) is 0 Å². The molecular formula is C12H13NO5. The van der Waals surface area contributed by atoms with Crippen molar-refractivity contribution in [3.8, 4) is 0 Å². The molecule has 1 aromatic rings. The molecule has 0 unspecified atom stereocenters. The van der Waals surface area contributed by atoms with Gasteiger partial charge in [-0.05, 0) is 30.7 Å². The monoisotopic (exact) mass is 251 g/mol. The lowest BCUT2D eigenvalue weighted by Gasteiger charge is -2.05. The van der Waals surface area contributed by atoms with E-state index in [0.29, 0.717) is 5.76 Å². The van der Waals surface area contributed by atoms with E-state index in [1.807, 2.05) is 0 Å². The molecule has 0 saturated carbocycles. The smallest absolute Gasteiger partial charge is 0.303 e. The number of ketones is 2. The van der Waals surface area contributed by atoms with Crippen LogP contribution in [0.25, 0.3) is 6.08 Å². The third-order valence-electron chi connectivity index (χ3n) is 2.19. The summed E-state index contributed by atoms with van der Waals surface area (Å²) in [5.74, 6) is -2.20. The first kappa shape index (κ1) is 13.9. The number of carboxylic acids is 1. The summed E-state index contributed by atoms with van der Waals surface area (Å²) < 4.78 is 4.94. The van der Waals surface area contributed by atoms with Gasteiger partial charge in [0.2, 0.25) is 11.6 Å². The topological polar surface area (TPSA) is 111 Å². The fourth-order valence-corrected chi connectivity index (χ4v) is 1.22. The van der Waals surface area contributed by atoms with Crippen molar-refractivity contribution < 1.29 is 23.9 Å². The molecule has 0 spiro atoms. The van der Waals surface area contributed by atoms with Crippen LogP contribution in [-0.2, 0) is 14.4 Å². The molecule has 18 heavy (non-hydrogen) atoms. The summed E-state index contributed by atoms with van der Waals surface area (Å²) in [6.07, 6.45) is 3.53. The second-order valence-corrected chi connectivity index (χ2v) is 3.62. The number of carbonyl (C=O) groups is 3. The molecule has 0 amide bonds. The number of furan rings is 1. The normalized spacial score (nSPS) is 12.5. The average molecular weight is 251 g/mol. The van der Waals surface area contributed by atoms with E-state index in [1.54, 1.807) is 12.1 Å². The van der Waals surface area contributed by atoms with Crippen LogP contribution in [0.2, 0.25) is 0 Å². The third-order valence-corrected chi connectivity index (χ3v) is 2.19. The highest BCUT2D eigenvalue weighted by Crippen LogP contribution is 2.03. The zero-order valence-corrected chi connectivity index (χ0v) is 9.54. The minimum absolute atomic E-state index is 0.0610. The van der Waals surface area contributed by atoms with Crippen LogP contribution < -0.4 is 5.73 Å². The number of Topliss-reactive ketones (excluding diaryl/α,β-unsaturated/α-hetero) is 1. The second-order valence-electron chi connectivity index (χ2n) is 3.62. The molecule has 0 aliphatic rings. The van der Waals surface area contributed by atoms with Crippen molar-refractivity contribution in [3.05, 3.63) is 30.2 Å². The minimum atomic E-state index is -1.09. The first-order valence-corrected chi connectivity index (χ1v) is 5.28. The Bertz CT molecular complexity index is 461. The van der Waals surface area contributed by atoms with Gasteiger partial charge >= 0.3 is 5.97 Å². The van der Waals surface area contributed by atoms with Gasteiger partial charge < -0.3 is 15.3 Å². The van der Waals surface area contributed by atoms with Crippen molar-refractivity contribution in [1.29, 1.82) is 0 Å². The van der Waals surface area contributed by atoms with Crippen LogP contribution >= 0.6 is 0 Å². The van der Waals surface area contributed by atoms with Crippen LogP contribution in [0.3, 0.4) is 0 Å². The Morgan fingerprint density at radius 3 is 2.72 bits per heavy atom. The Labute approximate surface area is 103 Å². The van der Waals surface area contributed by atoms with Crippen LogP contribution in [-0.4, -0.2) is 28.7 Å². The maximum absolute atomic E-state index is 11.5. The predicted octanol–water partition coefficient (Wildman–Crippen LogP) is 0.623. The molecule has 0 aliphatic carbocycles. The molecular weight excluding hydrogens is 238 g/mol. The number of carboxylic acid groups (broad SMARTS) is 1. The highest BCUT2D eigenvalue weighted by molar-refractivity contribution is 6.43. The summed E-state index contributed by atoms with van der Waals surface area (Å²) in [5, 5.41) is 8.43. The molecule has 0 fully saturated rings. The van der Waals surface area contributed by atoms with E-state index in [1.165, 1.54) is 12.3 Å². The van der Waals surface area contributed by atoms with Gasteiger partial charge in [-0.25, -0.2) is 0 Å². The van der Waals surface area contributed by atoms with Gasteiger partial charge in [0.1, 0.15) is 5.76 Å². The number of rotatable bonds is 7. The largest absolute Gasteiger partial charge is 0.481 e. The molecule has 6 heteroatoms. The number of hydrogen-bond acceptors (Lipinski definition) is 5. The van der Waals surface area contributed by atoms with Crippen LogP contribution in [0.15, 0.2) is 28.9 Å². The van der Waals surface area contributed by atoms with Crippen LogP contribution in [0.5, 0.6) is 0 Å². The van der Waals surface area contributed by atoms with Crippen LogP contribution in [0.1, 0.15) is 18.6 Å². The van der Waals surface area contributed by atoms with Gasteiger partial charge in [-0.2, -0.15) is 0 Å². The highest BCUT2D eigenvalue weighted by Gasteiger charge is 2.20. The molecule has 3 N–H and O–H groups in total. The van der Waals surface area contributed by atoms with Gasteiger partial charge in [0.15, 0.2) is 0 Å². The Kier molecular flexibility index (Phi) is 5.01. The molecule has 1 rings (SSSR count). The molecule has 96 valence electrons. The van der Waals surface area contributed by atoms with Crippen molar-refractivity contribution in [1.82, 2.24) is 0 Å². The Morgan fingerprint density at radius 2 is 2.17 bits per heavy atom. The summed E-state index contributed by atoms with van der Waals surface area (Å²) in [7, 11) is 0. The lowest BCUT2D eigenvalue weighted by Crippen LogP contribution is -2.35. The summed E-state index contributed by atoms with van der Waals surface area (Å²) >= 11 is 0. The Hall–Kier alpha value is -2.21. The predicted molar refractivity (Wildman–Crippen MR) is 62.6 cm³/mol. The second kappa shape index (κ2) is 6.51. The zero-order valence-electron chi connectivity index (χ0n) is 9.54. The highest BCUT2D eigenvalue weighted by atomic mass is 16.4. The van der Waals surface area contributed by atoms with Gasteiger partial charge in [-0.15, -0.1) is 0 Å². The van der Waals surface area contributed by atoms with Crippen LogP contribution in [0.4, 0.5) is 0 Å². The van der Waals surface area contributed by atoms with E-state index >= 15 is 0 Å². The molecule has 6 nitrogen and oxygen atoms in total. The number of allylic oxidation sites excluding steroid dienone is 1. The summed E-state index contributed by atoms with van der Waals surface area (Å²) in [4.78, 5) is 33.2. The standard InChI is InChI=1S/C12H13NO5/c13-9(4-6-11(15)16)12(17)10(14)5-3-8-2-1-7-18-8/h1-3,5,7,9H,4,6,13H2,(H,15,16)/t9-/m0/s1. The van der Waals surface area contributed by atoms with Crippen molar-refractivity contribution in [2.75, 3.05) is 0 Å². The average Bonchev–Trinajstić information content (AvgIpc) is 2.85. The van der Waals surface area contributed by atoms with Crippen molar-refractivity contribution in [2.24, 2.45) is 5.73 Å². The number of carbonyl (C=O) groups excluding carboxylic acids is 2. The minimum Gasteiger partial charge on any atom is -0.481 e. The number of aliphatic carboxylic acids is 1. The Morgan fingerprint density at radius 1 is 1.44 bits per heavy atom. The molecule has 0 aromatic carbocycles. The number of nitrogens with two attached hydrogens (primary N) is 1. The SMILES string of the molecule is N[C@@H](CCC(=O)O)C(=O)C(=O)C=Cc1ccco1. The molecule has 0 radical (unpaired) electrons.